The number of likely N-dealkylation sites (N-methyl/N-ethyl adjacent to an activating group) is 1. The molecule has 1 rings (SSSR count). The van der Waals surface area contributed by atoms with Crippen LogP contribution in [0.2, 0.25) is 0 Å². The molecule has 0 bridgehead atoms. The normalized spacial score (nSPS) is 15.3. The van der Waals surface area contributed by atoms with Gasteiger partial charge in [0.05, 0.1) is 12.6 Å². The van der Waals surface area contributed by atoms with Gasteiger partial charge in [-0.3, -0.25) is 4.90 Å². The van der Waals surface area contributed by atoms with Crippen molar-refractivity contribution in [1.82, 2.24) is 4.90 Å². The molecule has 1 aromatic heterocycles. The van der Waals surface area contributed by atoms with Crippen LogP contribution in [-0.2, 0) is 4.74 Å². The van der Waals surface area contributed by atoms with Gasteiger partial charge in [0.15, 0.2) is 0 Å². The molecular formula is C12H22N2OS. The largest absolute Gasteiger partial charge is 0.383 e. The molecule has 3 nitrogen and oxygen atoms in total. The lowest BCUT2D eigenvalue weighted by Crippen LogP contribution is -2.40. The molecule has 0 aliphatic heterocycles. The molecule has 1 heterocycles. The Morgan fingerprint density at radius 3 is 2.75 bits per heavy atom. The van der Waals surface area contributed by atoms with Crippen molar-refractivity contribution in [3.05, 3.63) is 22.4 Å². The van der Waals surface area contributed by atoms with Crippen molar-refractivity contribution in [2.75, 3.05) is 26.8 Å². The van der Waals surface area contributed by atoms with Crippen molar-refractivity contribution >= 4 is 11.3 Å². The predicted octanol–water partition coefficient (Wildman–Crippen LogP) is 2.10. The van der Waals surface area contributed by atoms with Crippen LogP contribution in [0.3, 0.4) is 0 Å². The van der Waals surface area contributed by atoms with Gasteiger partial charge < -0.3 is 10.5 Å². The van der Waals surface area contributed by atoms with Gasteiger partial charge in [0.25, 0.3) is 0 Å². The Morgan fingerprint density at radius 2 is 2.31 bits per heavy atom. The molecule has 0 saturated heterocycles. The third-order valence-corrected chi connectivity index (χ3v) is 3.66. The van der Waals surface area contributed by atoms with Crippen molar-refractivity contribution in [1.29, 1.82) is 0 Å². The van der Waals surface area contributed by atoms with E-state index in [0.717, 1.165) is 19.7 Å². The second-order valence-corrected chi connectivity index (χ2v) is 4.92. The van der Waals surface area contributed by atoms with E-state index in [-0.39, 0.29) is 6.04 Å². The summed E-state index contributed by atoms with van der Waals surface area (Å²) in [6.07, 6.45) is 0. The number of hydrogen-bond donors (Lipinski definition) is 1. The first-order chi connectivity index (χ1) is 7.70. The number of nitrogens with two attached hydrogens (primary N) is 1. The van der Waals surface area contributed by atoms with Crippen molar-refractivity contribution in [3.8, 4) is 0 Å². The van der Waals surface area contributed by atoms with Gasteiger partial charge in [-0.15, -0.1) is 11.3 Å². The maximum Gasteiger partial charge on any atom is 0.0591 e. The summed E-state index contributed by atoms with van der Waals surface area (Å²) in [5, 5.41) is 2.11. The molecule has 0 aliphatic carbocycles. The third kappa shape index (κ3) is 3.56. The molecule has 4 heteroatoms. The SMILES string of the molecule is CCN(CCOC)C(c1cccs1)C(C)N. The van der Waals surface area contributed by atoms with Gasteiger partial charge in [-0.25, -0.2) is 0 Å². The number of hydrogen-bond acceptors (Lipinski definition) is 4. The maximum absolute atomic E-state index is 6.10. The first-order valence-electron chi connectivity index (χ1n) is 5.72. The Hall–Kier alpha value is -0.420. The fraction of sp³-hybridized carbons (Fsp3) is 0.667. The van der Waals surface area contributed by atoms with Crippen molar-refractivity contribution in [2.45, 2.75) is 25.9 Å². The summed E-state index contributed by atoms with van der Waals surface area (Å²) in [5.41, 5.74) is 6.10. The number of thiophene rings is 1. The van der Waals surface area contributed by atoms with Crippen molar-refractivity contribution in [2.24, 2.45) is 5.73 Å². The Morgan fingerprint density at radius 1 is 1.56 bits per heavy atom. The molecule has 0 radical (unpaired) electrons. The fourth-order valence-corrected chi connectivity index (χ4v) is 2.91. The lowest BCUT2D eigenvalue weighted by atomic mass is 10.1. The second-order valence-electron chi connectivity index (χ2n) is 3.94. The smallest absolute Gasteiger partial charge is 0.0591 e. The van der Waals surface area contributed by atoms with Crippen LogP contribution >= 0.6 is 11.3 Å². The molecule has 2 unspecified atom stereocenters. The van der Waals surface area contributed by atoms with Gasteiger partial charge in [0.2, 0.25) is 0 Å². The van der Waals surface area contributed by atoms with Crippen LogP contribution in [0.15, 0.2) is 17.5 Å². The molecule has 2 N–H and O–H groups in total. The molecule has 0 aliphatic rings. The molecule has 1 aromatic rings. The van der Waals surface area contributed by atoms with Crippen LogP contribution in [-0.4, -0.2) is 37.7 Å². The average Bonchev–Trinajstić information content (AvgIpc) is 2.76. The van der Waals surface area contributed by atoms with Crippen LogP contribution in [0.4, 0.5) is 0 Å². The summed E-state index contributed by atoms with van der Waals surface area (Å²) >= 11 is 1.77. The van der Waals surface area contributed by atoms with Crippen LogP contribution in [0, 0.1) is 0 Å². The van der Waals surface area contributed by atoms with Crippen LogP contribution in [0.5, 0.6) is 0 Å². The first-order valence-corrected chi connectivity index (χ1v) is 6.60. The molecule has 0 fully saturated rings. The van der Waals surface area contributed by atoms with E-state index in [2.05, 4.69) is 36.3 Å². The Labute approximate surface area is 102 Å². The van der Waals surface area contributed by atoms with E-state index in [1.807, 2.05) is 0 Å². The van der Waals surface area contributed by atoms with E-state index in [1.54, 1.807) is 18.4 Å². The monoisotopic (exact) mass is 242 g/mol. The molecular weight excluding hydrogens is 220 g/mol. The third-order valence-electron chi connectivity index (χ3n) is 2.71. The van der Waals surface area contributed by atoms with E-state index in [4.69, 9.17) is 10.5 Å². The van der Waals surface area contributed by atoms with Gasteiger partial charge in [-0.2, -0.15) is 0 Å². The van der Waals surface area contributed by atoms with Crippen molar-refractivity contribution < 1.29 is 4.74 Å². The van der Waals surface area contributed by atoms with E-state index in [9.17, 15) is 0 Å². The van der Waals surface area contributed by atoms with Crippen LogP contribution < -0.4 is 5.73 Å². The fourth-order valence-electron chi connectivity index (χ4n) is 1.93. The minimum Gasteiger partial charge on any atom is -0.383 e. The zero-order chi connectivity index (χ0) is 12.0. The number of nitrogens with zero attached hydrogens (tertiary/aromatic N) is 1. The lowest BCUT2D eigenvalue weighted by Gasteiger charge is -2.32. The Kier molecular flexibility index (Phi) is 5.98. The highest BCUT2D eigenvalue weighted by atomic mass is 32.1. The molecule has 0 aromatic carbocycles. The van der Waals surface area contributed by atoms with E-state index >= 15 is 0 Å². The minimum absolute atomic E-state index is 0.135. The molecule has 0 spiro atoms. The minimum atomic E-state index is 0.135. The number of rotatable bonds is 7. The van der Waals surface area contributed by atoms with Crippen molar-refractivity contribution in [3.63, 3.8) is 0 Å². The highest BCUT2D eigenvalue weighted by Gasteiger charge is 2.23. The number of methoxy groups -OCH3 is 1. The van der Waals surface area contributed by atoms with Gasteiger partial charge in [-0.1, -0.05) is 13.0 Å². The summed E-state index contributed by atoms with van der Waals surface area (Å²) in [5.74, 6) is 0. The van der Waals surface area contributed by atoms with Gasteiger partial charge in [-0.05, 0) is 24.9 Å². The molecule has 0 saturated carbocycles. The standard InChI is InChI=1S/C12H22N2OS/c1-4-14(7-8-15-3)12(10(2)13)11-6-5-9-16-11/h5-6,9-10,12H,4,7-8,13H2,1-3H3. The lowest BCUT2D eigenvalue weighted by molar-refractivity contribution is 0.116. The van der Waals surface area contributed by atoms with E-state index < -0.39 is 0 Å². The summed E-state index contributed by atoms with van der Waals surface area (Å²) in [6.45, 7) is 6.91. The highest BCUT2D eigenvalue weighted by Crippen LogP contribution is 2.27. The molecule has 16 heavy (non-hydrogen) atoms. The summed E-state index contributed by atoms with van der Waals surface area (Å²) in [6, 6.07) is 4.68. The zero-order valence-corrected chi connectivity index (χ0v) is 11.2. The average molecular weight is 242 g/mol. The summed E-state index contributed by atoms with van der Waals surface area (Å²) in [7, 11) is 1.74. The molecule has 2 atom stereocenters. The zero-order valence-electron chi connectivity index (χ0n) is 10.3. The Balaban J connectivity index is 2.75. The highest BCUT2D eigenvalue weighted by molar-refractivity contribution is 7.10. The van der Waals surface area contributed by atoms with Gasteiger partial charge in [0, 0.05) is 24.6 Å². The first kappa shape index (κ1) is 13.6. The van der Waals surface area contributed by atoms with E-state index in [0.29, 0.717) is 6.04 Å². The van der Waals surface area contributed by atoms with Gasteiger partial charge >= 0.3 is 0 Å². The predicted molar refractivity (Wildman–Crippen MR) is 69.8 cm³/mol. The second kappa shape index (κ2) is 7.01. The number of ether oxygens (including phenoxy) is 1. The summed E-state index contributed by atoms with van der Waals surface area (Å²) in [4.78, 5) is 3.72. The summed E-state index contributed by atoms with van der Waals surface area (Å²) < 4.78 is 5.14. The maximum atomic E-state index is 6.10. The Bertz CT molecular complexity index is 275. The quantitative estimate of drug-likeness (QED) is 0.796. The van der Waals surface area contributed by atoms with Gasteiger partial charge in [0.1, 0.15) is 0 Å². The van der Waals surface area contributed by atoms with E-state index in [1.165, 1.54) is 4.88 Å². The van der Waals surface area contributed by atoms with Crippen LogP contribution in [0.1, 0.15) is 24.8 Å². The molecule has 0 amide bonds. The molecule has 92 valence electrons. The van der Waals surface area contributed by atoms with Crippen LogP contribution in [0.25, 0.3) is 0 Å². The topological polar surface area (TPSA) is 38.5 Å².